The predicted octanol–water partition coefficient (Wildman–Crippen LogP) is 3.28. The molecule has 130 valence electrons. The molecule has 0 aliphatic rings. The van der Waals surface area contributed by atoms with Crippen molar-refractivity contribution in [1.29, 1.82) is 0 Å². The van der Waals surface area contributed by atoms with Crippen LogP contribution in [0.5, 0.6) is 0 Å². The molecule has 1 aromatic heterocycles. The zero-order valence-corrected chi connectivity index (χ0v) is 15.5. The van der Waals surface area contributed by atoms with Crippen LogP contribution < -0.4 is 10.6 Å². The highest BCUT2D eigenvalue weighted by Gasteiger charge is 2.15. The largest absolute Gasteiger partial charge is 0.326 e. The third-order valence-corrected chi connectivity index (χ3v) is 4.41. The number of aryl methyl sites for hydroxylation is 2. The van der Waals surface area contributed by atoms with Gasteiger partial charge in [-0.05, 0) is 57.4 Å². The van der Waals surface area contributed by atoms with E-state index in [9.17, 15) is 4.79 Å². The Kier molecular flexibility index (Phi) is 5.78. The molecule has 0 radical (unpaired) electrons. The molecule has 0 saturated carbocycles. The summed E-state index contributed by atoms with van der Waals surface area (Å²) in [6.07, 6.45) is 0.946. The van der Waals surface area contributed by atoms with Crippen molar-refractivity contribution in [3.05, 3.63) is 46.8 Å². The lowest BCUT2D eigenvalue weighted by Gasteiger charge is -2.21. The zero-order valence-electron chi connectivity index (χ0n) is 15.5. The lowest BCUT2D eigenvalue weighted by molar-refractivity contribution is -0.114. The van der Waals surface area contributed by atoms with Gasteiger partial charge >= 0.3 is 0 Å². The molecule has 0 bridgehead atoms. The van der Waals surface area contributed by atoms with E-state index in [1.807, 2.05) is 29.9 Å². The van der Waals surface area contributed by atoms with Crippen molar-refractivity contribution in [2.75, 3.05) is 5.32 Å². The summed E-state index contributed by atoms with van der Waals surface area (Å²) >= 11 is 0. The summed E-state index contributed by atoms with van der Waals surface area (Å²) in [4.78, 5) is 11.2. The Morgan fingerprint density at radius 1 is 1.29 bits per heavy atom. The van der Waals surface area contributed by atoms with Crippen LogP contribution in [0, 0.1) is 13.8 Å². The molecule has 2 rings (SSSR count). The number of nitrogens with zero attached hydrogens (tertiary/aromatic N) is 2. The van der Waals surface area contributed by atoms with Gasteiger partial charge in [0.1, 0.15) is 0 Å². The van der Waals surface area contributed by atoms with Crippen LogP contribution in [0.3, 0.4) is 0 Å². The molecule has 24 heavy (non-hydrogen) atoms. The second kappa shape index (κ2) is 7.62. The number of carbonyl (C=O) groups is 1. The molecule has 1 heterocycles. The topological polar surface area (TPSA) is 59.0 Å². The summed E-state index contributed by atoms with van der Waals surface area (Å²) in [5.74, 6) is -0.0522. The number of hydrogen-bond acceptors (Lipinski definition) is 3. The van der Waals surface area contributed by atoms with Crippen molar-refractivity contribution in [3.8, 4) is 0 Å². The number of nitrogens with one attached hydrogen (secondary N) is 2. The first-order valence-corrected chi connectivity index (χ1v) is 8.40. The molecule has 0 spiro atoms. The third kappa shape index (κ3) is 4.45. The van der Waals surface area contributed by atoms with Crippen LogP contribution in [0.25, 0.3) is 0 Å². The Balaban J connectivity index is 2.03. The quantitative estimate of drug-likeness (QED) is 0.855. The van der Waals surface area contributed by atoms with E-state index < -0.39 is 0 Å². The predicted molar refractivity (Wildman–Crippen MR) is 98.1 cm³/mol. The summed E-state index contributed by atoms with van der Waals surface area (Å²) in [7, 11) is 1.99. The average Bonchev–Trinajstić information content (AvgIpc) is 2.73. The standard InChI is InChI=1S/C19H28N4O/c1-12(10-19-14(3)22-23(6)15(19)4)20-13(2)17-8-7-9-18(11-17)21-16(5)24/h7-9,11-13,20H,10H2,1-6H3,(H,21,24). The maximum Gasteiger partial charge on any atom is 0.221 e. The lowest BCUT2D eigenvalue weighted by atomic mass is 10.0. The second-order valence-electron chi connectivity index (χ2n) is 6.57. The molecular weight excluding hydrogens is 300 g/mol. The monoisotopic (exact) mass is 328 g/mol. The molecule has 5 heteroatoms. The molecule has 5 nitrogen and oxygen atoms in total. The molecule has 0 saturated heterocycles. The van der Waals surface area contributed by atoms with Crippen molar-refractivity contribution >= 4 is 11.6 Å². The summed E-state index contributed by atoms with van der Waals surface area (Å²) in [6, 6.07) is 8.50. The number of amides is 1. The molecule has 2 unspecified atom stereocenters. The van der Waals surface area contributed by atoms with E-state index >= 15 is 0 Å². The molecule has 2 aromatic rings. The maximum atomic E-state index is 11.2. The van der Waals surface area contributed by atoms with E-state index in [-0.39, 0.29) is 11.9 Å². The Morgan fingerprint density at radius 3 is 2.58 bits per heavy atom. The van der Waals surface area contributed by atoms with Gasteiger partial charge in [0.25, 0.3) is 0 Å². The van der Waals surface area contributed by atoms with Crippen LogP contribution in [0.4, 0.5) is 5.69 Å². The van der Waals surface area contributed by atoms with Gasteiger partial charge in [-0.15, -0.1) is 0 Å². The van der Waals surface area contributed by atoms with Gasteiger partial charge in [-0.2, -0.15) is 5.10 Å². The first-order valence-electron chi connectivity index (χ1n) is 8.40. The minimum atomic E-state index is -0.0522. The Morgan fingerprint density at radius 2 is 2.00 bits per heavy atom. The van der Waals surface area contributed by atoms with Gasteiger partial charge in [-0.25, -0.2) is 0 Å². The van der Waals surface area contributed by atoms with Gasteiger partial charge in [-0.3, -0.25) is 9.48 Å². The number of aromatic nitrogens is 2. The summed E-state index contributed by atoms with van der Waals surface area (Å²) in [5.41, 5.74) is 5.63. The van der Waals surface area contributed by atoms with Crippen molar-refractivity contribution in [1.82, 2.24) is 15.1 Å². The molecule has 2 atom stereocenters. The molecule has 0 aliphatic heterocycles. The van der Waals surface area contributed by atoms with Crippen LogP contribution in [0.15, 0.2) is 24.3 Å². The molecular formula is C19H28N4O. The van der Waals surface area contributed by atoms with Crippen molar-refractivity contribution in [3.63, 3.8) is 0 Å². The van der Waals surface area contributed by atoms with Crippen molar-refractivity contribution in [2.45, 2.75) is 53.1 Å². The van der Waals surface area contributed by atoms with Gasteiger partial charge in [0.15, 0.2) is 0 Å². The normalized spacial score (nSPS) is 13.6. The van der Waals surface area contributed by atoms with Crippen LogP contribution in [0.2, 0.25) is 0 Å². The molecule has 0 aliphatic carbocycles. The first kappa shape index (κ1) is 18.2. The maximum absolute atomic E-state index is 11.2. The highest BCUT2D eigenvalue weighted by atomic mass is 16.1. The highest BCUT2D eigenvalue weighted by Crippen LogP contribution is 2.20. The van der Waals surface area contributed by atoms with Crippen LogP contribution >= 0.6 is 0 Å². The minimum absolute atomic E-state index is 0.0522. The van der Waals surface area contributed by atoms with Gasteiger partial charge in [0, 0.05) is 37.4 Å². The minimum Gasteiger partial charge on any atom is -0.326 e. The summed E-state index contributed by atoms with van der Waals surface area (Å²) < 4.78 is 1.94. The lowest BCUT2D eigenvalue weighted by Crippen LogP contribution is -2.31. The second-order valence-corrected chi connectivity index (χ2v) is 6.57. The van der Waals surface area contributed by atoms with E-state index in [2.05, 4.69) is 49.5 Å². The fourth-order valence-electron chi connectivity index (χ4n) is 3.09. The first-order chi connectivity index (χ1) is 11.3. The zero-order chi connectivity index (χ0) is 17.9. The van der Waals surface area contributed by atoms with Crippen LogP contribution in [-0.4, -0.2) is 21.7 Å². The van der Waals surface area contributed by atoms with E-state index in [0.29, 0.717) is 6.04 Å². The van der Waals surface area contributed by atoms with Gasteiger partial charge in [-0.1, -0.05) is 12.1 Å². The SMILES string of the molecule is CC(=O)Nc1cccc(C(C)NC(C)Cc2c(C)nn(C)c2C)c1. The third-order valence-electron chi connectivity index (χ3n) is 4.41. The molecule has 1 amide bonds. The number of anilines is 1. The number of benzene rings is 1. The Labute approximate surface area is 144 Å². The summed E-state index contributed by atoms with van der Waals surface area (Å²) in [6.45, 7) is 10.0. The fourth-order valence-corrected chi connectivity index (χ4v) is 3.09. The van der Waals surface area contributed by atoms with Gasteiger partial charge < -0.3 is 10.6 Å². The fraction of sp³-hybridized carbons (Fsp3) is 0.474. The summed E-state index contributed by atoms with van der Waals surface area (Å²) in [5, 5.41) is 11.0. The van der Waals surface area contributed by atoms with Gasteiger partial charge in [0.05, 0.1) is 5.69 Å². The average molecular weight is 328 g/mol. The smallest absolute Gasteiger partial charge is 0.221 e. The number of rotatable bonds is 6. The van der Waals surface area contributed by atoms with Gasteiger partial charge in [0.2, 0.25) is 5.91 Å². The van der Waals surface area contributed by atoms with Crippen molar-refractivity contribution in [2.24, 2.45) is 7.05 Å². The van der Waals surface area contributed by atoms with Crippen LogP contribution in [0.1, 0.15) is 49.3 Å². The van der Waals surface area contributed by atoms with E-state index in [0.717, 1.165) is 23.4 Å². The van der Waals surface area contributed by atoms with Crippen LogP contribution in [-0.2, 0) is 18.3 Å². The number of carbonyl (C=O) groups excluding carboxylic acids is 1. The van der Waals surface area contributed by atoms with E-state index in [1.165, 1.54) is 18.2 Å². The molecule has 1 aromatic carbocycles. The molecule has 2 N–H and O–H groups in total. The highest BCUT2D eigenvalue weighted by molar-refractivity contribution is 5.88. The van der Waals surface area contributed by atoms with Crippen molar-refractivity contribution < 1.29 is 4.79 Å². The number of hydrogen-bond donors (Lipinski definition) is 2. The molecule has 0 fully saturated rings. The Bertz CT molecular complexity index is 720. The van der Waals surface area contributed by atoms with E-state index in [4.69, 9.17) is 0 Å². The Hall–Kier alpha value is -2.14. The van der Waals surface area contributed by atoms with E-state index in [1.54, 1.807) is 0 Å².